The van der Waals surface area contributed by atoms with Gasteiger partial charge in [-0.15, -0.1) is 0 Å². The second-order valence-corrected chi connectivity index (χ2v) is 6.17. The molecule has 4 nitrogen and oxygen atoms in total. The molecule has 0 saturated heterocycles. The van der Waals surface area contributed by atoms with E-state index < -0.39 is 17.3 Å². The van der Waals surface area contributed by atoms with Gasteiger partial charge in [0, 0.05) is 6.54 Å². The highest BCUT2D eigenvalue weighted by atomic mass is 19.4. The molecule has 2 aromatic rings. The first-order valence-corrected chi connectivity index (χ1v) is 7.32. The van der Waals surface area contributed by atoms with Gasteiger partial charge in [0.15, 0.2) is 5.82 Å². The van der Waals surface area contributed by atoms with Crippen molar-refractivity contribution in [3.63, 3.8) is 0 Å². The third-order valence-corrected chi connectivity index (χ3v) is 3.72. The first-order chi connectivity index (χ1) is 10.6. The molecule has 0 amide bonds. The van der Waals surface area contributed by atoms with E-state index in [0.717, 1.165) is 17.7 Å². The summed E-state index contributed by atoms with van der Waals surface area (Å²) in [5.74, 6) is 1.08. The van der Waals surface area contributed by atoms with Crippen LogP contribution in [0.1, 0.15) is 49.5 Å². The summed E-state index contributed by atoms with van der Waals surface area (Å²) in [7, 11) is 0. The van der Waals surface area contributed by atoms with E-state index in [1.165, 1.54) is 12.1 Å². The van der Waals surface area contributed by atoms with E-state index in [1.54, 1.807) is 6.92 Å². The normalized spacial score (nSPS) is 14.0. The molecule has 0 aliphatic carbocycles. The minimum Gasteiger partial charge on any atom is -0.337 e. The van der Waals surface area contributed by atoms with Gasteiger partial charge in [0.25, 0.3) is 0 Å². The van der Waals surface area contributed by atoms with Crippen molar-refractivity contribution in [1.29, 1.82) is 0 Å². The number of aromatic nitrogens is 2. The largest absolute Gasteiger partial charge is 0.416 e. The Labute approximate surface area is 133 Å². The lowest BCUT2D eigenvalue weighted by Crippen LogP contribution is -2.39. The van der Waals surface area contributed by atoms with Crippen LogP contribution in [0.15, 0.2) is 28.8 Å². The summed E-state index contributed by atoms with van der Waals surface area (Å²) < 4.78 is 42.9. The third kappa shape index (κ3) is 4.31. The second-order valence-electron chi connectivity index (χ2n) is 6.17. The van der Waals surface area contributed by atoms with Crippen molar-refractivity contribution in [2.45, 2.75) is 45.3 Å². The van der Waals surface area contributed by atoms with E-state index in [4.69, 9.17) is 4.52 Å². The van der Waals surface area contributed by atoms with Gasteiger partial charge >= 0.3 is 6.18 Å². The summed E-state index contributed by atoms with van der Waals surface area (Å²) in [6, 6.07) is 5.24. The van der Waals surface area contributed by atoms with Crippen molar-refractivity contribution < 1.29 is 17.7 Å². The van der Waals surface area contributed by atoms with Crippen LogP contribution in [-0.2, 0) is 11.7 Å². The molecule has 7 heteroatoms. The number of aryl methyl sites for hydroxylation is 1. The van der Waals surface area contributed by atoms with E-state index in [-0.39, 0.29) is 5.92 Å². The van der Waals surface area contributed by atoms with Crippen molar-refractivity contribution in [2.24, 2.45) is 0 Å². The Morgan fingerprint density at radius 1 is 1.17 bits per heavy atom. The van der Waals surface area contributed by atoms with Crippen molar-refractivity contribution >= 4 is 0 Å². The van der Waals surface area contributed by atoms with Crippen LogP contribution >= 0.6 is 0 Å². The van der Waals surface area contributed by atoms with E-state index in [9.17, 15) is 13.2 Å². The highest BCUT2D eigenvalue weighted by Gasteiger charge is 2.30. The van der Waals surface area contributed by atoms with Crippen LogP contribution < -0.4 is 5.32 Å². The maximum atomic E-state index is 12.6. The van der Waals surface area contributed by atoms with Gasteiger partial charge in [0.2, 0.25) is 5.89 Å². The molecular formula is C16H20F3N3O. The lowest BCUT2D eigenvalue weighted by Gasteiger charge is -2.24. The molecule has 2 rings (SSSR count). The Bertz CT molecular complexity index is 647. The summed E-state index contributed by atoms with van der Waals surface area (Å²) in [4.78, 5) is 4.21. The maximum absolute atomic E-state index is 12.6. The monoisotopic (exact) mass is 327 g/mol. The second kappa shape index (κ2) is 6.31. The van der Waals surface area contributed by atoms with E-state index in [2.05, 4.69) is 15.5 Å². The molecule has 126 valence electrons. The fourth-order valence-corrected chi connectivity index (χ4v) is 2.15. The fourth-order valence-electron chi connectivity index (χ4n) is 2.15. The highest BCUT2D eigenvalue weighted by molar-refractivity contribution is 5.27. The van der Waals surface area contributed by atoms with Crippen LogP contribution in [0.3, 0.4) is 0 Å². The van der Waals surface area contributed by atoms with Crippen LogP contribution in [0, 0.1) is 6.92 Å². The Hall–Kier alpha value is -1.89. The molecule has 0 fully saturated rings. The third-order valence-electron chi connectivity index (χ3n) is 3.72. The zero-order valence-corrected chi connectivity index (χ0v) is 13.5. The average molecular weight is 327 g/mol. The minimum atomic E-state index is -4.31. The van der Waals surface area contributed by atoms with Crippen molar-refractivity contribution in [1.82, 2.24) is 15.5 Å². The van der Waals surface area contributed by atoms with Gasteiger partial charge < -0.3 is 9.84 Å². The standard InChI is InChI=1S/C16H20F3N3O/c1-10(12-5-7-13(8-6-12)16(17,18)19)9-20-15(3,4)14-21-11(2)22-23-14/h5-8,10,20H,9H2,1-4H3. The molecular weight excluding hydrogens is 307 g/mol. The molecule has 0 saturated carbocycles. The van der Waals surface area contributed by atoms with Gasteiger partial charge in [-0.1, -0.05) is 24.2 Å². The summed E-state index contributed by atoms with van der Waals surface area (Å²) in [5, 5.41) is 7.08. The van der Waals surface area contributed by atoms with Crippen molar-refractivity contribution in [2.75, 3.05) is 6.54 Å². The predicted molar refractivity (Wildman–Crippen MR) is 79.9 cm³/mol. The van der Waals surface area contributed by atoms with Gasteiger partial charge in [0.1, 0.15) is 0 Å². The molecule has 0 spiro atoms. The molecule has 0 radical (unpaired) electrons. The molecule has 1 unspecified atom stereocenters. The number of halogens is 3. The summed E-state index contributed by atoms with van der Waals surface area (Å²) in [6.45, 7) is 8.09. The van der Waals surface area contributed by atoms with Crippen molar-refractivity contribution in [3.8, 4) is 0 Å². The Morgan fingerprint density at radius 2 is 1.78 bits per heavy atom. The van der Waals surface area contributed by atoms with E-state index >= 15 is 0 Å². The molecule has 1 atom stereocenters. The number of nitrogens with zero attached hydrogens (tertiary/aromatic N) is 2. The summed E-state index contributed by atoms with van der Waals surface area (Å²) in [6.07, 6.45) is -4.31. The molecule has 1 heterocycles. The number of hydrogen-bond donors (Lipinski definition) is 1. The Kier molecular flexibility index (Phi) is 4.79. The smallest absolute Gasteiger partial charge is 0.337 e. The quantitative estimate of drug-likeness (QED) is 0.901. The van der Waals surface area contributed by atoms with E-state index in [1.807, 2.05) is 20.8 Å². The van der Waals surface area contributed by atoms with Crippen molar-refractivity contribution in [3.05, 3.63) is 47.1 Å². The molecule has 23 heavy (non-hydrogen) atoms. The minimum absolute atomic E-state index is 0.0422. The molecule has 0 aliphatic heterocycles. The lowest BCUT2D eigenvalue weighted by atomic mass is 9.97. The van der Waals surface area contributed by atoms with Gasteiger partial charge in [-0.3, -0.25) is 0 Å². The summed E-state index contributed by atoms with van der Waals surface area (Å²) in [5.41, 5.74) is -0.312. The lowest BCUT2D eigenvalue weighted by molar-refractivity contribution is -0.137. The zero-order chi connectivity index (χ0) is 17.3. The molecule has 1 N–H and O–H groups in total. The van der Waals surface area contributed by atoms with Gasteiger partial charge in [0.05, 0.1) is 11.1 Å². The number of rotatable bonds is 5. The summed E-state index contributed by atoms with van der Waals surface area (Å²) >= 11 is 0. The van der Waals surface area contributed by atoms with Crippen LogP contribution in [0.25, 0.3) is 0 Å². The van der Waals surface area contributed by atoms with Crippen LogP contribution in [0.4, 0.5) is 13.2 Å². The zero-order valence-electron chi connectivity index (χ0n) is 13.5. The number of benzene rings is 1. The maximum Gasteiger partial charge on any atom is 0.416 e. The molecule has 1 aromatic carbocycles. The Morgan fingerprint density at radius 3 is 2.26 bits per heavy atom. The van der Waals surface area contributed by atoms with Crippen LogP contribution in [0.5, 0.6) is 0 Å². The first kappa shape index (κ1) is 17.5. The highest BCUT2D eigenvalue weighted by Crippen LogP contribution is 2.30. The number of hydrogen-bond acceptors (Lipinski definition) is 4. The topological polar surface area (TPSA) is 51.0 Å². The van der Waals surface area contributed by atoms with Gasteiger partial charge in [-0.25, -0.2) is 0 Å². The van der Waals surface area contributed by atoms with Gasteiger partial charge in [-0.05, 0) is 44.4 Å². The molecule has 0 bridgehead atoms. The van der Waals surface area contributed by atoms with Crippen LogP contribution in [-0.4, -0.2) is 16.7 Å². The predicted octanol–water partition coefficient (Wildman–Crippen LogP) is 4.03. The van der Waals surface area contributed by atoms with Gasteiger partial charge in [-0.2, -0.15) is 18.2 Å². The van der Waals surface area contributed by atoms with E-state index in [0.29, 0.717) is 18.3 Å². The molecule has 0 aliphatic rings. The molecule has 1 aromatic heterocycles. The SMILES string of the molecule is Cc1noc(C(C)(C)NCC(C)c2ccc(C(F)(F)F)cc2)n1. The Balaban J connectivity index is 2.00. The average Bonchev–Trinajstić information content (AvgIpc) is 2.91. The first-order valence-electron chi connectivity index (χ1n) is 7.32. The number of nitrogens with one attached hydrogen (secondary N) is 1. The van der Waals surface area contributed by atoms with Crippen LogP contribution in [0.2, 0.25) is 0 Å². The fraction of sp³-hybridized carbons (Fsp3) is 0.500. The number of alkyl halides is 3.